The van der Waals surface area contributed by atoms with Crippen molar-refractivity contribution in [2.75, 3.05) is 13.6 Å². The van der Waals surface area contributed by atoms with Crippen LogP contribution in [-0.4, -0.2) is 19.7 Å². The molecular formula is C13H18FNO. The molecule has 2 rings (SSSR count). The van der Waals surface area contributed by atoms with Crippen LogP contribution in [0.3, 0.4) is 0 Å². The molecule has 1 aromatic carbocycles. The maximum absolute atomic E-state index is 12.7. The Balaban J connectivity index is 1.91. The molecule has 0 bridgehead atoms. The first-order valence-electron chi connectivity index (χ1n) is 5.86. The van der Waals surface area contributed by atoms with Crippen LogP contribution in [0.15, 0.2) is 24.3 Å². The Morgan fingerprint density at radius 2 is 2.06 bits per heavy atom. The molecule has 1 fully saturated rings. The molecule has 88 valence electrons. The second kappa shape index (κ2) is 5.30. The minimum atomic E-state index is -0.217. The van der Waals surface area contributed by atoms with Crippen LogP contribution in [0, 0.1) is 11.7 Å². The maximum atomic E-state index is 12.7. The predicted molar refractivity (Wildman–Crippen MR) is 62.1 cm³/mol. The van der Waals surface area contributed by atoms with Crippen LogP contribution < -0.4 is 10.1 Å². The fourth-order valence-corrected chi connectivity index (χ4v) is 1.83. The summed E-state index contributed by atoms with van der Waals surface area (Å²) in [6.07, 6.45) is 3.81. The fraction of sp³-hybridized carbons (Fsp3) is 0.538. The van der Waals surface area contributed by atoms with Crippen LogP contribution in [-0.2, 0) is 0 Å². The molecule has 0 aliphatic heterocycles. The Morgan fingerprint density at radius 3 is 2.62 bits per heavy atom. The third-order valence-electron chi connectivity index (χ3n) is 2.93. The van der Waals surface area contributed by atoms with Gasteiger partial charge in [0, 0.05) is 0 Å². The first-order valence-corrected chi connectivity index (χ1v) is 5.86. The van der Waals surface area contributed by atoms with Crippen molar-refractivity contribution < 1.29 is 9.13 Å². The van der Waals surface area contributed by atoms with E-state index in [9.17, 15) is 4.39 Å². The number of halogens is 1. The Morgan fingerprint density at radius 1 is 1.38 bits per heavy atom. The Labute approximate surface area is 95.8 Å². The largest absolute Gasteiger partial charge is 0.490 e. The number of hydrogen-bond acceptors (Lipinski definition) is 2. The van der Waals surface area contributed by atoms with E-state index in [1.54, 1.807) is 12.1 Å². The molecule has 0 saturated heterocycles. The van der Waals surface area contributed by atoms with E-state index in [1.165, 1.54) is 25.0 Å². The number of ether oxygens (including phenoxy) is 1. The van der Waals surface area contributed by atoms with E-state index >= 15 is 0 Å². The third kappa shape index (κ3) is 3.20. The van der Waals surface area contributed by atoms with E-state index in [1.807, 2.05) is 7.05 Å². The molecule has 2 nitrogen and oxygen atoms in total. The number of hydrogen-bond donors (Lipinski definition) is 1. The summed E-state index contributed by atoms with van der Waals surface area (Å²) in [5.74, 6) is 1.25. The monoisotopic (exact) mass is 223 g/mol. The van der Waals surface area contributed by atoms with E-state index < -0.39 is 0 Å². The second-order valence-corrected chi connectivity index (χ2v) is 4.34. The minimum absolute atomic E-state index is 0.217. The van der Waals surface area contributed by atoms with Gasteiger partial charge >= 0.3 is 0 Å². The van der Waals surface area contributed by atoms with Gasteiger partial charge in [-0.25, -0.2) is 4.39 Å². The van der Waals surface area contributed by atoms with Gasteiger partial charge < -0.3 is 10.1 Å². The average molecular weight is 223 g/mol. The SMILES string of the molecule is CNCCC(Oc1ccc(F)cc1)C1CC1. The lowest BCUT2D eigenvalue weighted by atomic mass is 10.1. The van der Waals surface area contributed by atoms with Gasteiger partial charge in [-0.1, -0.05) is 0 Å². The van der Waals surface area contributed by atoms with Crippen LogP contribution in [0.2, 0.25) is 0 Å². The van der Waals surface area contributed by atoms with Crippen molar-refractivity contribution in [2.45, 2.75) is 25.4 Å². The van der Waals surface area contributed by atoms with Crippen LogP contribution in [0.1, 0.15) is 19.3 Å². The van der Waals surface area contributed by atoms with Crippen molar-refractivity contribution >= 4 is 0 Å². The summed E-state index contributed by atoms with van der Waals surface area (Å²) < 4.78 is 18.6. The Hall–Kier alpha value is -1.09. The summed E-state index contributed by atoms with van der Waals surface area (Å²) in [6.45, 7) is 0.961. The van der Waals surface area contributed by atoms with Gasteiger partial charge in [-0.3, -0.25) is 0 Å². The van der Waals surface area contributed by atoms with E-state index in [0.717, 1.165) is 18.7 Å². The average Bonchev–Trinajstić information content (AvgIpc) is 3.11. The first kappa shape index (κ1) is 11.4. The van der Waals surface area contributed by atoms with Gasteiger partial charge in [0.15, 0.2) is 0 Å². The van der Waals surface area contributed by atoms with Gasteiger partial charge in [0.2, 0.25) is 0 Å². The highest BCUT2D eigenvalue weighted by atomic mass is 19.1. The van der Waals surface area contributed by atoms with Gasteiger partial charge in [0.05, 0.1) is 0 Å². The van der Waals surface area contributed by atoms with Gasteiger partial charge in [-0.2, -0.15) is 0 Å². The zero-order valence-corrected chi connectivity index (χ0v) is 9.58. The maximum Gasteiger partial charge on any atom is 0.123 e. The normalized spacial score (nSPS) is 17.1. The minimum Gasteiger partial charge on any atom is -0.490 e. The van der Waals surface area contributed by atoms with Crippen molar-refractivity contribution in [3.05, 3.63) is 30.1 Å². The Kier molecular flexibility index (Phi) is 3.78. The van der Waals surface area contributed by atoms with E-state index in [0.29, 0.717) is 5.92 Å². The summed E-state index contributed by atoms with van der Waals surface area (Å²) >= 11 is 0. The van der Waals surface area contributed by atoms with Gasteiger partial charge in [0.1, 0.15) is 17.7 Å². The highest BCUT2D eigenvalue weighted by molar-refractivity contribution is 5.22. The topological polar surface area (TPSA) is 21.3 Å². The molecule has 16 heavy (non-hydrogen) atoms. The predicted octanol–water partition coefficient (Wildman–Crippen LogP) is 2.59. The number of rotatable bonds is 6. The van der Waals surface area contributed by atoms with Crippen LogP contribution in [0.25, 0.3) is 0 Å². The van der Waals surface area contributed by atoms with Crippen molar-refractivity contribution in [1.82, 2.24) is 5.32 Å². The second-order valence-electron chi connectivity index (χ2n) is 4.34. The quantitative estimate of drug-likeness (QED) is 0.800. The van der Waals surface area contributed by atoms with Crippen molar-refractivity contribution in [3.8, 4) is 5.75 Å². The molecule has 1 unspecified atom stereocenters. The fourth-order valence-electron chi connectivity index (χ4n) is 1.83. The smallest absolute Gasteiger partial charge is 0.123 e. The molecule has 0 heterocycles. The molecule has 1 aliphatic carbocycles. The molecular weight excluding hydrogens is 205 g/mol. The van der Waals surface area contributed by atoms with Crippen LogP contribution in [0.5, 0.6) is 5.75 Å². The summed E-state index contributed by atoms with van der Waals surface area (Å²) in [4.78, 5) is 0. The summed E-state index contributed by atoms with van der Waals surface area (Å²) in [5.41, 5.74) is 0. The third-order valence-corrected chi connectivity index (χ3v) is 2.93. The summed E-state index contributed by atoms with van der Waals surface area (Å²) in [6, 6.07) is 6.28. The molecule has 1 aliphatic rings. The molecule has 0 aromatic heterocycles. The Bertz CT molecular complexity index is 321. The standard InChI is InChI=1S/C13H18FNO/c1-15-9-8-13(10-2-3-10)16-12-6-4-11(14)5-7-12/h4-7,10,13,15H,2-3,8-9H2,1H3. The van der Waals surface area contributed by atoms with Crippen molar-refractivity contribution in [2.24, 2.45) is 5.92 Å². The van der Waals surface area contributed by atoms with Gasteiger partial charge in [0.25, 0.3) is 0 Å². The van der Waals surface area contributed by atoms with Crippen molar-refractivity contribution in [3.63, 3.8) is 0 Å². The number of benzene rings is 1. The van der Waals surface area contributed by atoms with Crippen LogP contribution in [0.4, 0.5) is 4.39 Å². The molecule has 1 saturated carbocycles. The zero-order valence-electron chi connectivity index (χ0n) is 9.58. The molecule has 0 amide bonds. The molecule has 0 radical (unpaired) electrons. The zero-order chi connectivity index (χ0) is 11.4. The van der Waals surface area contributed by atoms with Crippen molar-refractivity contribution in [1.29, 1.82) is 0 Å². The lowest BCUT2D eigenvalue weighted by molar-refractivity contribution is 0.168. The molecule has 1 atom stereocenters. The van der Waals surface area contributed by atoms with E-state index in [2.05, 4.69) is 5.32 Å². The molecule has 0 spiro atoms. The van der Waals surface area contributed by atoms with Gasteiger partial charge in [-0.05, 0) is 63.0 Å². The molecule has 3 heteroatoms. The molecule has 1 N–H and O–H groups in total. The highest BCUT2D eigenvalue weighted by Gasteiger charge is 2.32. The summed E-state index contributed by atoms with van der Waals surface area (Å²) in [5, 5.41) is 3.14. The first-order chi connectivity index (χ1) is 7.79. The van der Waals surface area contributed by atoms with E-state index in [4.69, 9.17) is 4.74 Å². The van der Waals surface area contributed by atoms with Gasteiger partial charge in [-0.15, -0.1) is 0 Å². The van der Waals surface area contributed by atoms with E-state index in [-0.39, 0.29) is 11.9 Å². The molecule has 1 aromatic rings. The summed E-state index contributed by atoms with van der Waals surface area (Å²) in [7, 11) is 1.95. The van der Waals surface area contributed by atoms with Crippen LogP contribution >= 0.6 is 0 Å². The lowest BCUT2D eigenvalue weighted by Crippen LogP contribution is -2.24. The number of nitrogens with one attached hydrogen (secondary N) is 1. The highest BCUT2D eigenvalue weighted by Crippen LogP contribution is 2.36. The lowest BCUT2D eigenvalue weighted by Gasteiger charge is -2.18.